The lowest BCUT2D eigenvalue weighted by Gasteiger charge is -2.17. The minimum atomic E-state index is -0.0960. The van der Waals surface area contributed by atoms with Gasteiger partial charge in [0.2, 0.25) is 0 Å². The van der Waals surface area contributed by atoms with Gasteiger partial charge in [0.15, 0.2) is 0 Å². The predicted octanol–water partition coefficient (Wildman–Crippen LogP) is 6.70. The zero-order chi connectivity index (χ0) is 26.7. The van der Waals surface area contributed by atoms with Crippen LogP contribution in [0.4, 0.5) is 0 Å². The Labute approximate surface area is 224 Å². The molecule has 0 saturated carbocycles. The van der Waals surface area contributed by atoms with Crippen molar-refractivity contribution in [1.82, 2.24) is 0 Å². The van der Waals surface area contributed by atoms with E-state index in [1.807, 2.05) is 86.6 Å². The molecule has 6 heteroatoms. The minimum absolute atomic E-state index is 0.0960. The molecule has 0 aromatic heterocycles. The fourth-order valence-electron chi connectivity index (χ4n) is 3.91. The Bertz CT molecular complexity index is 1130. The highest BCUT2D eigenvalue weighted by molar-refractivity contribution is 5.65. The second-order valence-electron chi connectivity index (χ2n) is 9.15. The Morgan fingerprint density at radius 2 is 0.763 bits per heavy atom. The Kier molecular flexibility index (Phi) is 9.62. The highest BCUT2D eigenvalue weighted by Gasteiger charge is 2.08. The zero-order valence-electron chi connectivity index (χ0n) is 21.7. The van der Waals surface area contributed by atoms with Gasteiger partial charge in [-0.3, -0.25) is 0 Å². The summed E-state index contributed by atoms with van der Waals surface area (Å²) in [4.78, 5) is 0. The number of ether oxygens (including phenoxy) is 4. The number of phenolic OH excluding ortho intramolecular Hbond substituents is 2. The van der Waals surface area contributed by atoms with Gasteiger partial charge in [-0.25, -0.2) is 0 Å². The molecule has 0 heterocycles. The maximum atomic E-state index is 9.44. The summed E-state index contributed by atoms with van der Waals surface area (Å²) in [5.41, 5.74) is 4.19. The van der Waals surface area contributed by atoms with Crippen LogP contribution in [-0.4, -0.2) is 48.8 Å². The predicted molar refractivity (Wildman–Crippen MR) is 149 cm³/mol. The molecule has 0 saturated heterocycles. The first-order valence-electron chi connectivity index (χ1n) is 12.7. The van der Waals surface area contributed by atoms with Crippen LogP contribution in [0.2, 0.25) is 0 Å². The average Bonchev–Trinajstić information content (AvgIpc) is 2.92. The molecule has 2 unspecified atom stereocenters. The van der Waals surface area contributed by atoms with E-state index in [4.69, 9.17) is 18.9 Å². The van der Waals surface area contributed by atoms with E-state index in [2.05, 4.69) is 0 Å². The van der Waals surface area contributed by atoms with E-state index in [0.29, 0.717) is 26.4 Å². The Balaban J connectivity index is 1.09. The largest absolute Gasteiger partial charge is 0.508 e. The highest BCUT2D eigenvalue weighted by atomic mass is 16.6. The van der Waals surface area contributed by atoms with Crippen molar-refractivity contribution in [2.24, 2.45) is 0 Å². The Hall–Kier alpha value is -4.00. The fourth-order valence-corrected chi connectivity index (χ4v) is 3.91. The van der Waals surface area contributed by atoms with Crippen LogP contribution in [0.25, 0.3) is 22.3 Å². The molecule has 38 heavy (non-hydrogen) atoms. The van der Waals surface area contributed by atoms with Crippen molar-refractivity contribution in [3.8, 4) is 45.3 Å². The lowest BCUT2D eigenvalue weighted by molar-refractivity contribution is -0.00159. The van der Waals surface area contributed by atoms with Crippen LogP contribution < -0.4 is 9.47 Å². The summed E-state index contributed by atoms with van der Waals surface area (Å²) in [7, 11) is 0. The third kappa shape index (κ3) is 8.26. The fraction of sp³-hybridized carbons (Fsp3) is 0.250. The molecule has 6 nitrogen and oxygen atoms in total. The molecule has 4 aromatic carbocycles. The zero-order valence-corrected chi connectivity index (χ0v) is 21.7. The Morgan fingerprint density at radius 1 is 0.474 bits per heavy atom. The van der Waals surface area contributed by atoms with Crippen LogP contribution in [-0.2, 0) is 9.47 Å². The van der Waals surface area contributed by atoms with Gasteiger partial charge in [0, 0.05) is 0 Å². The number of rotatable bonds is 13. The van der Waals surface area contributed by atoms with Gasteiger partial charge < -0.3 is 29.2 Å². The summed E-state index contributed by atoms with van der Waals surface area (Å²) >= 11 is 0. The first kappa shape index (κ1) is 27.0. The van der Waals surface area contributed by atoms with Crippen LogP contribution in [0.5, 0.6) is 23.0 Å². The second-order valence-corrected chi connectivity index (χ2v) is 9.15. The maximum Gasteiger partial charge on any atom is 0.119 e. The monoisotopic (exact) mass is 514 g/mol. The van der Waals surface area contributed by atoms with Crippen LogP contribution in [0.1, 0.15) is 13.8 Å². The quantitative estimate of drug-likeness (QED) is 0.193. The van der Waals surface area contributed by atoms with E-state index in [1.165, 1.54) is 0 Å². The van der Waals surface area contributed by atoms with Crippen LogP contribution in [0.15, 0.2) is 97.1 Å². The topological polar surface area (TPSA) is 77.4 Å². The molecule has 0 aliphatic rings. The molecule has 4 aromatic rings. The summed E-state index contributed by atoms with van der Waals surface area (Å²) in [6, 6.07) is 30.0. The van der Waals surface area contributed by atoms with E-state index >= 15 is 0 Å². The van der Waals surface area contributed by atoms with Crippen molar-refractivity contribution in [2.45, 2.75) is 26.1 Å². The van der Waals surface area contributed by atoms with Crippen molar-refractivity contribution in [2.75, 3.05) is 26.4 Å². The van der Waals surface area contributed by atoms with Crippen LogP contribution in [0, 0.1) is 0 Å². The molecule has 2 atom stereocenters. The smallest absolute Gasteiger partial charge is 0.119 e. The van der Waals surface area contributed by atoms with Gasteiger partial charge in [-0.05, 0) is 84.6 Å². The standard InChI is InChI=1S/C32H34O6/c1-23(37-31-15-7-27(8-16-31)25-3-11-29(33)12-4-25)21-35-19-20-36-22-24(2)38-32-17-9-28(10-18-32)26-5-13-30(34)14-6-26/h3-18,23-24,33-34H,19-22H2,1-2H3. The van der Waals surface area contributed by atoms with E-state index in [9.17, 15) is 10.2 Å². The number of hydrogen-bond donors (Lipinski definition) is 2. The number of phenols is 2. The van der Waals surface area contributed by atoms with E-state index in [-0.39, 0.29) is 23.7 Å². The second kappa shape index (κ2) is 13.5. The molecule has 0 radical (unpaired) electrons. The van der Waals surface area contributed by atoms with Gasteiger partial charge in [-0.2, -0.15) is 0 Å². The lowest BCUT2D eigenvalue weighted by Crippen LogP contribution is -2.23. The molecular formula is C32H34O6. The molecule has 2 N–H and O–H groups in total. The van der Waals surface area contributed by atoms with Crippen LogP contribution in [0.3, 0.4) is 0 Å². The maximum absolute atomic E-state index is 9.44. The summed E-state index contributed by atoms with van der Waals surface area (Å²) < 4.78 is 23.3. The molecule has 0 bridgehead atoms. The summed E-state index contributed by atoms with van der Waals surface area (Å²) in [5, 5.41) is 18.9. The first-order chi connectivity index (χ1) is 18.5. The molecular weight excluding hydrogens is 480 g/mol. The van der Waals surface area contributed by atoms with Crippen molar-refractivity contribution in [1.29, 1.82) is 0 Å². The normalized spacial score (nSPS) is 12.6. The van der Waals surface area contributed by atoms with Gasteiger partial charge in [0.05, 0.1) is 26.4 Å². The molecule has 0 aliphatic heterocycles. The number of benzene rings is 4. The van der Waals surface area contributed by atoms with Gasteiger partial charge in [-0.1, -0.05) is 48.5 Å². The van der Waals surface area contributed by atoms with E-state index in [0.717, 1.165) is 33.8 Å². The molecule has 0 amide bonds. The molecule has 0 fully saturated rings. The van der Waals surface area contributed by atoms with Gasteiger partial charge in [-0.15, -0.1) is 0 Å². The average molecular weight is 515 g/mol. The number of aromatic hydroxyl groups is 2. The summed E-state index contributed by atoms with van der Waals surface area (Å²) in [5.74, 6) is 2.07. The number of hydrogen-bond acceptors (Lipinski definition) is 6. The molecule has 198 valence electrons. The summed E-state index contributed by atoms with van der Waals surface area (Å²) in [6.07, 6.45) is -0.192. The third-order valence-electron chi connectivity index (χ3n) is 5.86. The first-order valence-corrected chi connectivity index (χ1v) is 12.7. The minimum Gasteiger partial charge on any atom is -0.508 e. The van der Waals surface area contributed by atoms with Gasteiger partial charge >= 0.3 is 0 Å². The van der Waals surface area contributed by atoms with Crippen molar-refractivity contribution in [3.05, 3.63) is 97.1 Å². The van der Waals surface area contributed by atoms with Crippen LogP contribution >= 0.6 is 0 Å². The molecule has 0 spiro atoms. The molecule has 4 rings (SSSR count). The third-order valence-corrected chi connectivity index (χ3v) is 5.86. The van der Waals surface area contributed by atoms with Gasteiger partial charge in [0.25, 0.3) is 0 Å². The SMILES string of the molecule is CC(COCCOCC(C)Oc1ccc(-c2ccc(O)cc2)cc1)Oc1ccc(-c2ccc(O)cc2)cc1. The van der Waals surface area contributed by atoms with Crippen molar-refractivity contribution in [3.63, 3.8) is 0 Å². The Morgan fingerprint density at radius 3 is 1.08 bits per heavy atom. The van der Waals surface area contributed by atoms with E-state index in [1.54, 1.807) is 24.3 Å². The van der Waals surface area contributed by atoms with Crippen molar-refractivity contribution < 1.29 is 29.2 Å². The van der Waals surface area contributed by atoms with Gasteiger partial charge in [0.1, 0.15) is 35.2 Å². The van der Waals surface area contributed by atoms with E-state index < -0.39 is 0 Å². The highest BCUT2D eigenvalue weighted by Crippen LogP contribution is 2.26. The summed E-state index contributed by atoms with van der Waals surface area (Å²) in [6.45, 7) is 5.81. The van der Waals surface area contributed by atoms with Crippen molar-refractivity contribution >= 4 is 0 Å². The molecule has 0 aliphatic carbocycles. The lowest BCUT2D eigenvalue weighted by atomic mass is 10.1.